The van der Waals surface area contributed by atoms with Crippen LogP contribution in [0.1, 0.15) is 26.7 Å². The van der Waals surface area contributed by atoms with E-state index in [-0.39, 0.29) is 6.54 Å². The van der Waals surface area contributed by atoms with Crippen molar-refractivity contribution in [2.75, 3.05) is 6.54 Å². The zero-order valence-corrected chi connectivity index (χ0v) is 9.20. The van der Waals surface area contributed by atoms with E-state index < -0.39 is 23.8 Å². The van der Waals surface area contributed by atoms with Crippen LogP contribution in [0.3, 0.4) is 0 Å². The van der Waals surface area contributed by atoms with Gasteiger partial charge in [0.1, 0.15) is 0 Å². The van der Waals surface area contributed by atoms with Crippen molar-refractivity contribution < 1.29 is 22.4 Å². The summed E-state index contributed by atoms with van der Waals surface area (Å²) in [6.07, 6.45) is -3.11. The Bertz CT molecular complexity index is 242. The molecule has 3 nitrogen and oxygen atoms in total. The predicted octanol–water partition coefficient (Wildman–Crippen LogP) is 1.52. The summed E-state index contributed by atoms with van der Waals surface area (Å²) in [6.45, 7) is 3.20. The summed E-state index contributed by atoms with van der Waals surface area (Å²) in [5, 5.41) is 1.75. The van der Waals surface area contributed by atoms with Gasteiger partial charge in [0.25, 0.3) is 5.91 Å². The number of alkyl halides is 4. The highest BCUT2D eigenvalue weighted by atomic mass is 19.3. The molecule has 0 rings (SSSR count). The van der Waals surface area contributed by atoms with E-state index in [1.165, 1.54) is 0 Å². The first-order valence-electron chi connectivity index (χ1n) is 4.92. The second-order valence-electron chi connectivity index (χ2n) is 3.68. The van der Waals surface area contributed by atoms with Crippen LogP contribution in [0.25, 0.3) is 0 Å². The summed E-state index contributed by atoms with van der Waals surface area (Å²) in [4.78, 5) is 10.8. The first kappa shape index (κ1) is 15.2. The van der Waals surface area contributed by atoms with Gasteiger partial charge < -0.3 is 11.1 Å². The normalized spacial score (nSPS) is 13.0. The molecule has 0 aliphatic carbocycles. The van der Waals surface area contributed by atoms with Gasteiger partial charge in [-0.1, -0.05) is 13.8 Å². The maximum atomic E-state index is 12.5. The molecule has 7 heteroatoms. The van der Waals surface area contributed by atoms with E-state index in [2.05, 4.69) is 0 Å². The minimum Gasteiger partial charge on any atom is -0.349 e. The Labute approximate surface area is 91.4 Å². The Kier molecular flexibility index (Phi) is 5.18. The molecule has 0 heterocycles. The van der Waals surface area contributed by atoms with E-state index in [9.17, 15) is 22.4 Å². The van der Waals surface area contributed by atoms with Gasteiger partial charge in [0.15, 0.2) is 0 Å². The fraction of sp³-hybridized carbons (Fsp3) is 0.889. The molecule has 0 unspecified atom stereocenters. The number of carbonyl (C=O) groups is 1. The molecule has 0 saturated heterocycles. The number of amides is 1. The number of carbonyl (C=O) groups excluding carboxylic acids is 1. The molecule has 16 heavy (non-hydrogen) atoms. The number of nitrogens with one attached hydrogen (secondary N) is 1. The van der Waals surface area contributed by atoms with Gasteiger partial charge in [0.2, 0.25) is 0 Å². The third-order valence-corrected chi connectivity index (χ3v) is 2.59. The van der Waals surface area contributed by atoms with Gasteiger partial charge in [-0.15, -0.1) is 0 Å². The topological polar surface area (TPSA) is 55.1 Å². The van der Waals surface area contributed by atoms with Gasteiger partial charge in [-0.25, -0.2) is 8.78 Å². The molecule has 0 atom stereocenters. The number of halogens is 4. The van der Waals surface area contributed by atoms with Crippen LogP contribution in [0.4, 0.5) is 17.6 Å². The zero-order chi connectivity index (χ0) is 13.0. The monoisotopic (exact) mass is 244 g/mol. The maximum Gasteiger partial charge on any atom is 0.383 e. The highest BCUT2D eigenvalue weighted by molar-refractivity contribution is 5.83. The van der Waals surface area contributed by atoms with Crippen LogP contribution >= 0.6 is 0 Å². The summed E-state index contributed by atoms with van der Waals surface area (Å²) >= 11 is 0. The SMILES string of the molecule is CCC(N)(CC)CNC(=O)C(F)(F)C(F)F. The molecule has 0 aliphatic rings. The van der Waals surface area contributed by atoms with Gasteiger partial charge in [0.05, 0.1) is 0 Å². The molecule has 0 aromatic rings. The molecule has 0 bridgehead atoms. The van der Waals surface area contributed by atoms with Gasteiger partial charge in [-0.2, -0.15) is 8.78 Å². The molecular weight excluding hydrogens is 228 g/mol. The summed E-state index contributed by atoms with van der Waals surface area (Å²) in [6, 6.07) is 0. The largest absolute Gasteiger partial charge is 0.383 e. The van der Waals surface area contributed by atoms with Crippen LogP contribution in [-0.2, 0) is 4.79 Å². The molecular formula is C9H16F4N2O. The van der Waals surface area contributed by atoms with E-state index in [4.69, 9.17) is 5.73 Å². The second kappa shape index (κ2) is 5.47. The Hall–Kier alpha value is -0.850. The van der Waals surface area contributed by atoms with Crippen molar-refractivity contribution in [3.8, 4) is 0 Å². The lowest BCUT2D eigenvalue weighted by Crippen LogP contribution is -2.54. The number of hydrogen-bond donors (Lipinski definition) is 2. The Morgan fingerprint density at radius 2 is 1.75 bits per heavy atom. The third-order valence-electron chi connectivity index (χ3n) is 2.59. The number of rotatable bonds is 6. The standard InChI is InChI=1S/C9H16F4N2O/c1-3-8(14,4-2)5-15-7(16)9(12,13)6(10)11/h6H,3-5,14H2,1-2H3,(H,15,16). The second-order valence-corrected chi connectivity index (χ2v) is 3.68. The summed E-state index contributed by atoms with van der Waals surface area (Å²) in [5.74, 6) is -6.65. The van der Waals surface area contributed by atoms with Gasteiger partial charge in [-0.3, -0.25) is 4.79 Å². The molecule has 3 N–H and O–H groups in total. The number of nitrogens with two attached hydrogens (primary N) is 1. The van der Waals surface area contributed by atoms with Crippen LogP contribution < -0.4 is 11.1 Å². The molecule has 0 aliphatic heterocycles. The smallest absolute Gasteiger partial charge is 0.349 e. The van der Waals surface area contributed by atoms with Crippen molar-refractivity contribution in [3.63, 3.8) is 0 Å². The van der Waals surface area contributed by atoms with Crippen LogP contribution in [0, 0.1) is 0 Å². The molecule has 0 aromatic carbocycles. The number of hydrogen-bond acceptors (Lipinski definition) is 2. The van der Waals surface area contributed by atoms with Crippen molar-refractivity contribution in [1.29, 1.82) is 0 Å². The van der Waals surface area contributed by atoms with Crippen molar-refractivity contribution in [2.24, 2.45) is 5.73 Å². The predicted molar refractivity (Wildman–Crippen MR) is 51.5 cm³/mol. The van der Waals surface area contributed by atoms with E-state index in [1.807, 2.05) is 0 Å². The highest BCUT2D eigenvalue weighted by Gasteiger charge is 2.49. The molecule has 0 fully saturated rings. The van der Waals surface area contributed by atoms with Crippen molar-refractivity contribution in [3.05, 3.63) is 0 Å². The van der Waals surface area contributed by atoms with E-state index in [0.717, 1.165) is 0 Å². The lowest BCUT2D eigenvalue weighted by Gasteiger charge is -2.27. The fourth-order valence-corrected chi connectivity index (χ4v) is 0.973. The fourth-order valence-electron chi connectivity index (χ4n) is 0.973. The molecule has 0 spiro atoms. The molecule has 0 saturated carbocycles. The molecule has 0 radical (unpaired) electrons. The van der Waals surface area contributed by atoms with Crippen LogP contribution in [0.5, 0.6) is 0 Å². The highest BCUT2D eigenvalue weighted by Crippen LogP contribution is 2.23. The average Bonchev–Trinajstić information content (AvgIpc) is 2.25. The Morgan fingerprint density at radius 1 is 1.31 bits per heavy atom. The van der Waals surface area contributed by atoms with E-state index in [0.29, 0.717) is 12.8 Å². The summed E-state index contributed by atoms with van der Waals surface area (Å²) in [7, 11) is 0. The summed E-state index contributed by atoms with van der Waals surface area (Å²) < 4.78 is 48.6. The van der Waals surface area contributed by atoms with E-state index in [1.54, 1.807) is 19.2 Å². The molecule has 1 amide bonds. The van der Waals surface area contributed by atoms with Gasteiger partial charge >= 0.3 is 12.3 Å². The lowest BCUT2D eigenvalue weighted by molar-refractivity contribution is -0.169. The van der Waals surface area contributed by atoms with Crippen LogP contribution in [0.15, 0.2) is 0 Å². The van der Waals surface area contributed by atoms with Crippen molar-refractivity contribution >= 4 is 5.91 Å². The third kappa shape index (κ3) is 3.62. The van der Waals surface area contributed by atoms with E-state index >= 15 is 0 Å². The lowest BCUT2D eigenvalue weighted by atomic mass is 9.94. The molecule has 96 valence electrons. The quantitative estimate of drug-likeness (QED) is 0.696. The van der Waals surface area contributed by atoms with Crippen LogP contribution in [-0.4, -0.2) is 30.3 Å². The van der Waals surface area contributed by atoms with Gasteiger partial charge in [0, 0.05) is 12.1 Å². The average molecular weight is 244 g/mol. The Morgan fingerprint density at radius 3 is 2.06 bits per heavy atom. The molecule has 0 aromatic heterocycles. The van der Waals surface area contributed by atoms with Gasteiger partial charge in [-0.05, 0) is 12.8 Å². The summed E-state index contributed by atoms with van der Waals surface area (Å²) in [5.41, 5.74) is 4.88. The maximum absolute atomic E-state index is 12.5. The first-order chi connectivity index (χ1) is 7.19. The first-order valence-corrected chi connectivity index (χ1v) is 4.92. The minimum atomic E-state index is -4.66. The minimum absolute atomic E-state index is 0.249. The van der Waals surface area contributed by atoms with Crippen molar-refractivity contribution in [2.45, 2.75) is 44.6 Å². The Balaban J connectivity index is 4.38. The zero-order valence-electron chi connectivity index (χ0n) is 9.20. The van der Waals surface area contributed by atoms with Crippen LogP contribution in [0.2, 0.25) is 0 Å². The van der Waals surface area contributed by atoms with Crippen molar-refractivity contribution in [1.82, 2.24) is 5.32 Å².